The van der Waals surface area contributed by atoms with Gasteiger partial charge in [0.05, 0.1) is 34.8 Å². The molecule has 0 amide bonds. The highest BCUT2D eigenvalue weighted by Gasteiger charge is 2.32. The van der Waals surface area contributed by atoms with Gasteiger partial charge in [-0.25, -0.2) is 9.37 Å². The molecule has 0 aliphatic heterocycles. The van der Waals surface area contributed by atoms with E-state index in [-0.39, 0.29) is 12.1 Å². The maximum atomic E-state index is 14.3. The van der Waals surface area contributed by atoms with Crippen LogP contribution in [0.25, 0.3) is 11.6 Å². The standard InChI is InChI=1S/C26H35FN4OS.C3H8/c1-7-21(18(4)30-23(8-2)19-12-15-28-25(16-19)33(6)32)22-17-29-31(24(22)9-3)20-10-13-26(5,27)14-11-20;1-3-2/h7,9,12,15-17,20,23,30H,3-4,8,10-11,13-14H2,1-2,5-6H3;3H2,1-2H3/b21-7-;. The molecule has 1 N–H and O–H groups in total. The maximum absolute atomic E-state index is 14.3. The highest BCUT2D eigenvalue weighted by molar-refractivity contribution is 7.84. The summed E-state index contributed by atoms with van der Waals surface area (Å²) in [7, 11) is -1.14. The number of aromatic nitrogens is 3. The molecular weight excluding hydrogens is 471 g/mol. The van der Waals surface area contributed by atoms with E-state index in [0.29, 0.717) is 17.9 Å². The normalized spacial score (nSPS) is 21.6. The Hall–Kier alpha value is -2.54. The molecule has 1 saturated carbocycles. The van der Waals surface area contributed by atoms with Crippen LogP contribution in [-0.2, 0) is 10.8 Å². The highest BCUT2D eigenvalue weighted by atomic mass is 32.2. The fourth-order valence-corrected chi connectivity index (χ4v) is 5.03. The predicted molar refractivity (Wildman–Crippen MR) is 151 cm³/mol. The van der Waals surface area contributed by atoms with Crippen molar-refractivity contribution in [1.82, 2.24) is 20.1 Å². The van der Waals surface area contributed by atoms with Gasteiger partial charge in [0.2, 0.25) is 0 Å². The van der Waals surface area contributed by atoms with Crippen molar-refractivity contribution in [3.05, 3.63) is 66.3 Å². The van der Waals surface area contributed by atoms with Crippen LogP contribution in [0.4, 0.5) is 4.39 Å². The number of halogens is 1. The van der Waals surface area contributed by atoms with Gasteiger partial charge in [0.1, 0.15) is 10.7 Å². The molecule has 1 fully saturated rings. The second kappa shape index (κ2) is 13.7. The van der Waals surface area contributed by atoms with Gasteiger partial charge in [-0.05, 0) is 69.7 Å². The van der Waals surface area contributed by atoms with Crippen LogP contribution in [0.3, 0.4) is 0 Å². The number of hydrogen-bond acceptors (Lipinski definition) is 4. The molecule has 2 heterocycles. The van der Waals surface area contributed by atoms with E-state index in [9.17, 15) is 8.60 Å². The monoisotopic (exact) mass is 514 g/mol. The molecule has 0 bridgehead atoms. The van der Waals surface area contributed by atoms with Gasteiger partial charge in [-0.2, -0.15) is 5.10 Å². The summed E-state index contributed by atoms with van der Waals surface area (Å²) in [6.07, 6.45) is 13.7. The summed E-state index contributed by atoms with van der Waals surface area (Å²) >= 11 is 0. The number of alkyl halides is 1. The predicted octanol–water partition coefficient (Wildman–Crippen LogP) is 7.58. The van der Waals surface area contributed by atoms with E-state index in [1.165, 1.54) is 6.42 Å². The largest absolute Gasteiger partial charge is 0.378 e. The molecule has 1 aliphatic rings. The van der Waals surface area contributed by atoms with Crippen molar-refractivity contribution in [2.75, 3.05) is 6.26 Å². The summed E-state index contributed by atoms with van der Waals surface area (Å²) in [6, 6.07) is 3.99. The molecule has 3 rings (SSSR count). The minimum Gasteiger partial charge on any atom is -0.378 e. The van der Waals surface area contributed by atoms with Gasteiger partial charge in [0, 0.05) is 29.3 Å². The third-order valence-electron chi connectivity index (χ3n) is 6.49. The topological polar surface area (TPSA) is 59.8 Å². The average molecular weight is 515 g/mol. The number of rotatable bonds is 9. The van der Waals surface area contributed by atoms with E-state index in [2.05, 4.69) is 49.3 Å². The van der Waals surface area contributed by atoms with E-state index in [1.807, 2.05) is 42.1 Å². The van der Waals surface area contributed by atoms with Crippen molar-refractivity contribution in [3.63, 3.8) is 0 Å². The van der Waals surface area contributed by atoms with E-state index in [4.69, 9.17) is 0 Å². The van der Waals surface area contributed by atoms with Crippen LogP contribution in [-0.4, -0.2) is 30.9 Å². The summed E-state index contributed by atoms with van der Waals surface area (Å²) in [6.45, 7) is 18.4. The smallest absolute Gasteiger partial charge is 0.127 e. The average Bonchev–Trinajstić information content (AvgIpc) is 3.27. The number of allylic oxidation sites excluding steroid dienone is 2. The quantitative estimate of drug-likeness (QED) is 0.351. The van der Waals surface area contributed by atoms with Gasteiger partial charge in [0.25, 0.3) is 0 Å². The van der Waals surface area contributed by atoms with Crippen molar-refractivity contribution >= 4 is 22.4 Å². The Kier molecular flexibility index (Phi) is 11.3. The Balaban J connectivity index is 0.00000145. The third kappa shape index (κ3) is 7.48. The molecule has 7 heteroatoms. The zero-order valence-corrected chi connectivity index (χ0v) is 23.6. The molecular formula is C29H43FN4OS. The number of hydrogen-bond donors (Lipinski definition) is 1. The van der Waals surface area contributed by atoms with Crippen molar-refractivity contribution in [3.8, 4) is 0 Å². The Morgan fingerprint density at radius 3 is 2.53 bits per heavy atom. The van der Waals surface area contributed by atoms with E-state index >= 15 is 0 Å². The van der Waals surface area contributed by atoms with E-state index in [1.54, 1.807) is 19.4 Å². The first-order chi connectivity index (χ1) is 17.1. The molecule has 36 heavy (non-hydrogen) atoms. The molecule has 2 aromatic heterocycles. The summed E-state index contributed by atoms with van der Waals surface area (Å²) in [5.74, 6) is 0. The molecule has 5 nitrogen and oxygen atoms in total. The van der Waals surface area contributed by atoms with Crippen LogP contribution in [0.5, 0.6) is 0 Å². The number of pyridine rings is 1. The second-order valence-electron chi connectivity index (χ2n) is 9.61. The highest BCUT2D eigenvalue weighted by Crippen LogP contribution is 2.39. The lowest BCUT2D eigenvalue weighted by Gasteiger charge is -2.32. The minimum atomic E-state index is -1.14. The van der Waals surface area contributed by atoms with Crippen molar-refractivity contribution < 1.29 is 8.60 Å². The van der Waals surface area contributed by atoms with Gasteiger partial charge >= 0.3 is 0 Å². The van der Waals surface area contributed by atoms with Crippen LogP contribution in [0.2, 0.25) is 0 Å². The molecule has 198 valence electrons. The first kappa shape index (κ1) is 29.7. The molecule has 2 aromatic rings. The molecule has 2 atom stereocenters. The molecule has 0 radical (unpaired) electrons. The zero-order chi connectivity index (χ0) is 26.9. The fourth-order valence-electron chi connectivity index (χ4n) is 4.52. The third-order valence-corrected chi connectivity index (χ3v) is 7.30. The zero-order valence-electron chi connectivity index (χ0n) is 22.8. The van der Waals surface area contributed by atoms with Crippen molar-refractivity contribution in [2.45, 2.75) is 95.9 Å². The molecule has 0 spiro atoms. The van der Waals surface area contributed by atoms with Crippen molar-refractivity contribution in [1.29, 1.82) is 0 Å². The van der Waals surface area contributed by atoms with Crippen LogP contribution in [0, 0.1) is 0 Å². The van der Waals surface area contributed by atoms with Crippen molar-refractivity contribution in [2.24, 2.45) is 0 Å². The second-order valence-corrected chi connectivity index (χ2v) is 10.9. The molecule has 0 aromatic carbocycles. The summed E-state index contributed by atoms with van der Waals surface area (Å²) < 4.78 is 28.2. The van der Waals surface area contributed by atoms with Crippen LogP contribution < -0.4 is 5.32 Å². The Labute approximate surface area is 219 Å². The lowest BCUT2D eigenvalue weighted by molar-refractivity contribution is 0.102. The van der Waals surface area contributed by atoms with Gasteiger partial charge < -0.3 is 5.32 Å². The molecule has 1 aliphatic carbocycles. The van der Waals surface area contributed by atoms with E-state index in [0.717, 1.165) is 47.4 Å². The van der Waals surface area contributed by atoms with Crippen LogP contribution >= 0.6 is 0 Å². The Morgan fingerprint density at radius 2 is 2.00 bits per heavy atom. The first-order valence-corrected chi connectivity index (χ1v) is 14.5. The Morgan fingerprint density at radius 1 is 1.36 bits per heavy atom. The van der Waals surface area contributed by atoms with Crippen LogP contribution in [0.15, 0.2) is 54.5 Å². The van der Waals surface area contributed by atoms with Gasteiger partial charge in [-0.15, -0.1) is 0 Å². The van der Waals surface area contributed by atoms with Gasteiger partial charge in [-0.3, -0.25) is 8.89 Å². The minimum absolute atomic E-state index is 0.000511. The summed E-state index contributed by atoms with van der Waals surface area (Å²) in [4.78, 5) is 4.21. The summed E-state index contributed by atoms with van der Waals surface area (Å²) in [5.41, 5.74) is 3.56. The Bertz CT molecular complexity index is 1080. The molecule has 2 unspecified atom stereocenters. The summed E-state index contributed by atoms with van der Waals surface area (Å²) in [5, 5.41) is 8.77. The van der Waals surface area contributed by atoms with Gasteiger partial charge in [0.15, 0.2) is 0 Å². The SMILES string of the molecule is C=Cc1c(/C(=C\C)C(=C)NC(CC)c2ccnc(S(C)=O)c2)cnn1C1CCC(C)(F)CC1.CCC. The lowest BCUT2D eigenvalue weighted by Crippen LogP contribution is -2.28. The van der Waals surface area contributed by atoms with E-state index < -0.39 is 16.5 Å². The first-order valence-electron chi connectivity index (χ1n) is 12.9. The van der Waals surface area contributed by atoms with Crippen LogP contribution in [0.1, 0.15) is 102 Å². The number of nitrogens with zero attached hydrogens (tertiary/aromatic N) is 3. The number of nitrogens with one attached hydrogen (secondary N) is 1. The van der Waals surface area contributed by atoms with Gasteiger partial charge in [-0.1, -0.05) is 46.4 Å². The lowest BCUT2D eigenvalue weighted by atomic mass is 9.85. The molecule has 0 saturated heterocycles. The maximum Gasteiger partial charge on any atom is 0.127 e. The fraction of sp³-hybridized carbons (Fsp3) is 0.517.